The van der Waals surface area contributed by atoms with E-state index in [1.165, 1.54) is 30.6 Å². The smallest absolute Gasteiger partial charge is 0.339 e. The van der Waals surface area contributed by atoms with Crippen LogP contribution in [0.4, 0.5) is 5.69 Å². The number of halogens is 2. The number of ether oxygens (including phenoxy) is 1. The van der Waals surface area contributed by atoms with Crippen molar-refractivity contribution in [2.24, 2.45) is 0 Å². The average Bonchev–Trinajstić information content (AvgIpc) is 2.84. The Morgan fingerprint density at radius 2 is 2.10 bits per heavy atom. The average molecular weight is 375 g/mol. The van der Waals surface area contributed by atoms with E-state index < -0.39 is 5.97 Å². The van der Waals surface area contributed by atoms with Crippen LogP contribution in [0, 0.1) is 0 Å². The van der Waals surface area contributed by atoms with Gasteiger partial charge in [-0.2, -0.15) is 0 Å². The summed E-state index contributed by atoms with van der Waals surface area (Å²) in [5.74, 6) is -0.860. The lowest BCUT2D eigenvalue weighted by Crippen LogP contribution is -2.14. The first-order valence-corrected chi connectivity index (χ1v) is 7.50. The topological polar surface area (TPSA) is 55.4 Å². The van der Waals surface area contributed by atoms with Crippen molar-refractivity contribution in [1.29, 1.82) is 0 Å². The second kappa shape index (κ2) is 6.39. The van der Waals surface area contributed by atoms with Crippen LogP contribution in [0.25, 0.3) is 0 Å². The predicted molar refractivity (Wildman–Crippen MR) is 82.8 cm³/mol. The summed E-state index contributed by atoms with van der Waals surface area (Å²) in [5, 5.41) is 4.87. The van der Waals surface area contributed by atoms with Gasteiger partial charge in [0, 0.05) is 9.50 Å². The Labute approximate surface area is 132 Å². The van der Waals surface area contributed by atoms with Crippen molar-refractivity contribution in [2.45, 2.75) is 0 Å². The fourth-order valence-electron chi connectivity index (χ4n) is 1.54. The molecule has 1 heterocycles. The Morgan fingerprint density at radius 1 is 1.35 bits per heavy atom. The van der Waals surface area contributed by atoms with Crippen LogP contribution < -0.4 is 5.32 Å². The van der Waals surface area contributed by atoms with Crippen molar-refractivity contribution in [3.8, 4) is 0 Å². The molecule has 0 fully saturated rings. The van der Waals surface area contributed by atoms with Crippen LogP contribution >= 0.6 is 38.9 Å². The third-order valence-electron chi connectivity index (χ3n) is 2.46. The highest BCUT2D eigenvalue weighted by Gasteiger charge is 2.17. The van der Waals surface area contributed by atoms with E-state index in [0.717, 1.165) is 0 Å². The number of benzene rings is 1. The largest absolute Gasteiger partial charge is 0.465 e. The van der Waals surface area contributed by atoms with E-state index in [1.54, 1.807) is 17.5 Å². The van der Waals surface area contributed by atoms with Crippen molar-refractivity contribution in [3.63, 3.8) is 0 Å². The van der Waals surface area contributed by atoms with Gasteiger partial charge in [-0.1, -0.05) is 11.6 Å². The molecule has 0 aliphatic carbocycles. The summed E-state index contributed by atoms with van der Waals surface area (Å²) in [6.45, 7) is 0. The molecule has 1 N–H and O–H groups in total. The molecule has 1 aromatic carbocycles. The Morgan fingerprint density at radius 3 is 2.70 bits per heavy atom. The number of rotatable bonds is 3. The first-order chi connectivity index (χ1) is 9.52. The monoisotopic (exact) mass is 373 g/mol. The molecule has 2 aromatic rings. The van der Waals surface area contributed by atoms with E-state index in [0.29, 0.717) is 20.1 Å². The van der Waals surface area contributed by atoms with Crippen molar-refractivity contribution < 1.29 is 14.3 Å². The normalized spacial score (nSPS) is 10.2. The molecule has 0 bridgehead atoms. The Balaban J connectivity index is 2.33. The third-order valence-corrected chi connectivity index (χ3v) is 4.53. The summed E-state index contributed by atoms with van der Waals surface area (Å²) in [4.78, 5) is 24.3. The molecule has 2 rings (SSSR count). The number of methoxy groups -OCH3 is 1. The van der Waals surface area contributed by atoms with Crippen molar-refractivity contribution in [1.82, 2.24) is 0 Å². The second-order valence-corrected chi connectivity index (χ2v) is 5.94. The first kappa shape index (κ1) is 15.0. The number of thiophene rings is 1. The highest BCUT2D eigenvalue weighted by atomic mass is 79.9. The zero-order valence-electron chi connectivity index (χ0n) is 10.3. The van der Waals surface area contributed by atoms with Crippen LogP contribution in [0.3, 0.4) is 0 Å². The van der Waals surface area contributed by atoms with Gasteiger partial charge in [0.15, 0.2) is 0 Å². The maximum atomic E-state index is 12.1. The van der Waals surface area contributed by atoms with Gasteiger partial charge in [-0.05, 0) is 45.6 Å². The molecule has 7 heteroatoms. The number of hydrogen-bond acceptors (Lipinski definition) is 4. The molecule has 0 aliphatic heterocycles. The minimum atomic E-state index is -0.540. The van der Waals surface area contributed by atoms with Crippen LogP contribution in [0.1, 0.15) is 20.0 Å². The lowest BCUT2D eigenvalue weighted by atomic mass is 10.1. The van der Waals surface area contributed by atoms with Crippen LogP contribution in [-0.4, -0.2) is 19.0 Å². The molecule has 0 radical (unpaired) electrons. The molecule has 0 saturated heterocycles. The summed E-state index contributed by atoms with van der Waals surface area (Å²) in [6.07, 6.45) is 0. The molecule has 20 heavy (non-hydrogen) atoms. The summed E-state index contributed by atoms with van der Waals surface area (Å²) in [5.41, 5.74) is 0.563. The van der Waals surface area contributed by atoms with E-state index in [4.69, 9.17) is 11.6 Å². The number of carbonyl (C=O) groups excluding carboxylic acids is 2. The van der Waals surface area contributed by atoms with Crippen molar-refractivity contribution >= 4 is 56.4 Å². The zero-order valence-corrected chi connectivity index (χ0v) is 13.4. The van der Waals surface area contributed by atoms with Gasteiger partial charge in [-0.3, -0.25) is 4.79 Å². The number of anilines is 1. The molecule has 0 atom stereocenters. The first-order valence-electron chi connectivity index (χ1n) is 5.45. The number of amides is 1. The molecule has 0 unspecified atom stereocenters. The maximum Gasteiger partial charge on any atom is 0.339 e. The maximum absolute atomic E-state index is 12.1. The standard InChI is InChI=1S/C13H9BrClNO3S/c1-19-13(18)8-3-2-7(15)6-10(8)16-12(17)11-9(14)4-5-20-11/h2-6H,1H3,(H,16,17). The Kier molecular flexibility index (Phi) is 4.80. The van der Waals surface area contributed by atoms with Crippen molar-refractivity contribution in [3.05, 3.63) is 49.6 Å². The highest BCUT2D eigenvalue weighted by Crippen LogP contribution is 2.26. The molecule has 1 amide bonds. The molecular formula is C13H9BrClNO3S. The van der Waals surface area contributed by atoms with Crippen LogP contribution in [0.15, 0.2) is 34.1 Å². The van der Waals surface area contributed by atoms with Gasteiger partial charge < -0.3 is 10.1 Å². The lowest BCUT2D eigenvalue weighted by molar-refractivity contribution is 0.0602. The van der Waals surface area contributed by atoms with Gasteiger partial charge in [0.25, 0.3) is 5.91 Å². The predicted octanol–water partition coefficient (Wildman–Crippen LogP) is 4.20. The minimum absolute atomic E-state index is 0.248. The van der Waals surface area contributed by atoms with Gasteiger partial charge in [0.2, 0.25) is 0 Å². The lowest BCUT2D eigenvalue weighted by Gasteiger charge is -2.09. The minimum Gasteiger partial charge on any atom is -0.465 e. The zero-order chi connectivity index (χ0) is 14.7. The quantitative estimate of drug-likeness (QED) is 0.819. The third kappa shape index (κ3) is 3.20. The van der Waals surface area contributed by atoms with Crippen LogP contribution in [0.5, 0.6) is 0 Å². The SMILES string of the molecule is COC(=O)c1ccc(Cl)cc1NC(=O)c1sccc1Br. The van der Waals surface area contributed by atoms with Gasteiger partial charge in [0.05, 0.1) is 18.4 Å². The van der Waals surface area contributed by atoms with Crippen LogP contribution in [-0.2, 0) is 4.74 Å². The number of esters is 1. The van der Waals surface area contributed by atoms with Gasteiger partial charge in [-0.25, -0.2) is 4.79 Å². The second-order valence-electron chi connectivity index (χ2n) is 3.73. The van der Waals surface area contributed by atoms with E-state index >= 15 is 0 Å². The molecular weight excluding hydrogens is 366 g/mol. The fraction of sp³-hybridized carbons (Fsp3) is 0.0769. The van der Waals surface area contributed by atoms with Crippen molar-refractivity contribution in [2.75, 3.05) is 12.4 Å². The Hall–Kier alpha value is -1.37. The number of carbonyl (C=O) groups is 2. The molecule has 0 aliphatic rings. The van der Waals surface area contributed by atoms with E-state index in [-0.39, 0.29) is 11.5 Å². The molecule has 0 saturated carbocycles. The fourth-order valence-corrected chi connectivity index (χ4v) is 3.16. The summed E-state index contributed by atoms with van der Waals surface area (Å²) in [7, 11) is 1.28. The molecule has 104 valence electrons. The van der Waals surface area contributed by atoms with E-state index in [1.807, 2.05) is 0 Å². The number of hydrogen-bond donors (Lipinski definition) is 1. The Bertz CT molecular complexity index is 671. The molecule has 1 aromatic heterocycles. The number of nitrogens with one attached hydrogen (secondary N) is 1. The van der Waals surface area contributed by atoms with Crippen LogP contribution in [0.2, 0.25) is 5.02 Å². The van der Waals surface area contributed by atoms with Gasteiger partial charge >= 0.3 is 5.97 Å². The molecule has 0 spiro atoms. The van der Waals surface area contributed by atoms with E-state index in [2.05, 4.69) is 26.0 Å². The molecule has 4 nitrogen and oxygen atoms in total. The summed E-state index contributed by atoms with van der Waals surface area (Å²) >= 11 is 10.5. The highest BCUT2D eigenvalue weighted by molar-refractivity contribution is 9.10. The van der Waals surface area contributed by atoms with Gasteiger partial charge in [-0.15, -0.1) is 11.3 Å². The van der Waals surface area contributed by atoms with E-state index in [9.17, 15) is 9.59 Å². The summed E-state index contributed by atoms with van der Waals surface area (Å²) < 4.78 is 5.37. The summed E-state index contributed by atoms with van der Waals surface area (Å²) in [6, 6.07) is 6.35. The van der Waals surface area contributed by atoms with Gasteiger partial charge in [0.1, 0.15) is 4.88 Å².